The van der Waals surface area contributed by atoms with Gasteiger partial charge in [0.05, 0.1) is 0 Å². The van der Waals surface area contributed by atoms with Crippen molar-refractivity contribution < 1.29 is 9.59 Å². The zero-order valence-electron chi connectivity index (χ0n) is 7.02. The molecule has 3 nitrogen and oxygen atoms in total. The van der Waals surface area contributed by atoms with Crippen molar-refractivity contribution in [2.75, 3.05) is 7.05 Å². The first-order valence-corrected chi connectivity index (χ1v) is 5.02. The molecule has 0 N–H and O–H groups in total. The number of hydrogen-bond donors (Lipinski definition) is 0. The number of rotatable bonds is 0. The van der Waals surface area contributed by atoms with Gasteiger partial charge in [0.2, 0.25) is 0 Å². The van der Waals surface area contributed by atoms with Crippen LogP contribution in [0.15, 0.2) is 8.96 Å². The highest BCUT2D eigenvalue weighted by Crippen LogP contribution is 2.27. The fraction of sp³-hybridized carbons (Fsp3) is 0.429. The molecule has 5 heteroatoms. The van der Waals surface area contributed by atoms with E-state index >= 15 is 0 Å². The highest BCUT2D eigenvalue weighted by molar-refractivity contribution is 9.14. The van der Waals surface area contributed by atoms with Crippen LogP contribution < -0.4 is 0 Å². The third-order valence-corrected chi connectivity index (χ3v) is 3.18. The summed E-state index contributed by atoms with van der Waals surface area (Å²) in [5.74, 6) is -0.617. The van der Waals surface area contributed by atoms with E-state index < -0.39 is 0 Å². The van der Waals surface area contributed by atoms with Crippen LogP contribution in [0, 0.1) is 0 Å². The lowest BCUT2D eigenvalue weighted by Gasteiger charge is -2.03. The topological polar surface area (TPSA) is 37.4 Å². The van der Waals surface area contributed by atoms with Gasteiger partial charge in [-0.15, -0.1) is 0 Å². The standard InChI is InChI=1S/C5H3Br2NO2.C2H6/c1-8-4(9)2(6)3(7)5(8)10;1-2/h1H3;1-2H3. The molecule has 0 saturated carbocycles. The molecule has 0 saturated heterocycles. The minimum atomic E-state index is -0.308. The van der Waals surface area contributed by atoms with E-state index in [1.54, 1.807) is 0 Å². The largest absolute Gasteiger partial charge is 0.277 e. The second-order valence-corrected chi connectivity index (χ2v) is 3.38. The highest BCUT2D eigenvalue weighted by Gasteiger charge is 2.32. The lowest BCUT2D eigenvalue weighted by molar-refractivity contribution is -0.135. The van der Waals surface area contributed by atoms with Crippen molar-refractivity contribution in [2.24, 2.45) is 0 Å². The van der Waals surface area contributed by atoms with E-state index in [9.17, 15) is 9.59 Å². The van der Waals surface area contributed by atoms with Gasteiger partial charge in [0.15, 0.2) is 0 Å². The third kappa shape index (κ3) is 1.95. The maximum atomic E-state index is 10.9. The van der Waals surface area contributed by atoms with Crippen molar-refractivity contribution in [2.45, 2.75) is 13.8 Å². The van der Waals surface area contributed by atoms with E-state index in [0.717, 1.165) is 4.90 Å². The Morgan fingerprint density at radius 1 is 1.00 bits per heavy atom. The predicted molar refractivity (Wildman–Crippen MR) is 54.0 cm³/mol. The first-order valence-electron chi connectivity index (χ1n) is 3.43. The molecule has 0 spiro atoms. The molecule has 0 fully saturated rings. The fourth-order valence-corrected chi connectivity index (χ4v) is 1.45. The number of carbonyl (C=O) groups is 2. The van der Waals surface area contributed by atoms with Gasteiger partial charge in [0, 0.05) is 7.05 Å². The molecule has 0 aromatic carbocycles. The Morgan fingerprint density at radius 3 is 1.33 bits per heavy atom. The van der Waals surface area contributed by atoms with Crippen molar-refractivity contribution in [1.29, 1.82) is 0 Å². The summed E-state index contributed by atoms with van der Waals surface area (Å²) < 4.78 is 0.583. The molecule has 0 bridgehead atoms. The molecule has 1 aliphatic rings. The van der Waals surface area contributed by atoms with Crippen molar-refractivity contribution in [3.63, 3.8) is 0 Å². The molecular formula is C7H9Br2NO2. The highest BCUT2D eigenvalue weighted by atomic mass is 79.9. The van der Waals surface area contributed by atoms with Gasteiger partial charge >= 0.3 is 0 Å². The van der Waals surface area contributed by atoms with E-state index in [-0.39, 0.29) is 11.8 Å². The smallest absolute Gasteiger partial charge is 0.268 e. The van der Waals surface area contributed by atoms with Crippen molar-refractivity contribution in [1.82, 2.24) is 4.90 Å². The van der Waals surface area contributed by atoms with Crippen LogP contribution in [0.3, 0.4) is 0 Å². The number of imide groups is 1. The summed E-state index contributed by atoms with van der Waals surface area (Å²) in [6, 6.07) is 0. The molecule has 1 heterocycles. The molecule has 12 heavy (non-hydrogen) atoms. The summed E-state index contributed by atoms with van der Waals surface area (Å²) in [6.45, 7) is 4.00. The summed E-state index contributed by atoms with van der Waals surface area (Å²) in [6.07, 6.45) is 0. The molecule has 1 rings (SSSR count). The summed E-state index contributed by atoms with van der Waals surface area (Å²) >= 11 is 5.94. The molecular weight excluding hydrogens is 290 g/mol. The van der Waals surface area contributed by atoms with Gasteiger partial charge in [-0.25, -0.2) is 0 Å². The van der Waals surface area contributed by atoms with E-state index in [1.165, 1.54) is 7.05 Å². The molecule has 68 valence electrons. The lowest BCUT2D eigenvalue weighted by Crippen LogP contribution is -2.25. The van der Waals surface area contributed by atoms with Crippen LogP contribution >= 0.6 is 31.9 Å². The van der Waals surface area contributed by atoms with E-state index in [0.29, 0.717) is 8.96 Å². The summed E-state index contributed by atoms with van der Waals surface area (Å²) in [5, 5.41) is 0. The van der Waals surface area contributed by atoms with Gasteiger partial charge < -0.3 is 0 Å². The lowest BCUT2D eigenvalue weighted by atomic mass is 10.6. The van der Waals surface area contributed by atoms with E-state index in [2.05, 4.69) is 31.9 Å². The molecule has 2 amide bonds. The van der Waals surface area contributed by atoms with Crippen LogP contribution in [0.5, 0.6) is 0 Å². The third-order valence-electron chi connectivity index (χ3n) is 1.18. The zero-order chi connectivity index (χ0) is 9.89. The average Bonchev–Trinajstić information content (AvgIpc) is 2.27. The maximum Gasteiger partial charge on any atom is 0.268 e. The minimum Gasteiger partial charge on any atom is -0.277 e. The minimum absolute atomic E-state index is 0.292. The molecule has 0 aliphatic carbocycles. The number of likely N-dealkylation sites (N-methyl/N-ethyl adjacent to an activating group) is 1. The number of amides is 2. The Hall–Kier alpha value is -0.160. The van der Waals surface area contributed by atoms with Crippen LogP contribution in [0.2, 0.25) is 0 Å². The first-order chi connectivity index (χ1) is 5.55. The van der Waals surface area contributed by atoms with Gasteiger partial charge in [0.1, 0.15) is 8.96 Å². The molecule has 0 unspecified atom stereocenters. The van der Waals surface area contributed by atoms with Gasteiger partial charge in [-0.1, -0.05) is 13.8 Å². The monoisotopic (exact) mass is 297 g/mol. The second-order valence-electron chi connectivity index (χ2n) is 1.80. The first kappa shape index (κ1) is 11.8. The van der Waals surface area contributed by atoms with Gasteiger partial charge in [-0.05, 0) is 31.9 Å². The number of hydrogen-bond acceptors (Lipinski definition) is 2. The van der Waals surface area contributed by atoms with E-state index in [1.807, 2.05) is 13.8 Å². The van der Waals surface area contributed by atoms with Crippen molar-refractivity contribution >= 4 is 43.7 Å². The predicted octanol–water partition coefficient (Wildman–Crippen LogP) is 2.01. The van der Waals surface area contributed by atoms with Gasteiger partial charge in [-0.3, -0.25) is 14.5 Å². The fourth-order valence-electron chi connectivity index (χ4n) is 0.574. The summed E-state index contributed by atoms with van der Waals surface area (Å²) in [4.78, 5) is 22.8. The van der Waals surface area contributed by atoms with Crippen LogP contribution in [-0.4, -0.2) is 23.8 Å². The molecule has 0 atom stereocenters. The van der Waals surface area contributed by atoms with Crippen LogP contribution in [-0.2, 0) is 9.59 Å². The van der Waals surface area contributed by atoms with E-state index in [4.69, 9.17) is 0 Å². The van der Waals surface area contributed by atoms with Crippen LogP contribution in [0.1, 0.15) is 13.8 Å². The zero-order valence-corrected chi connectivity index (χ0v) is 10.2. The van der Waals surface area contributed by atoms with Crippen molar-refractivity contribution in [3.8, 4) is 0 Å². The van der Waals surface area contributed by atoms with Gasteiger partial charge in [-0.2, -0.15) is 0 Å². The Balaban J connectivity index is 0.000000561. The summed E-state index contributed by atoms with van der Waals surface area (Å²) in [5.41, 5.74) is 0. The number of carbonyl (C=O) groups excluding carboxylic acids is 2. The van der Waals surface area contributed by atoms with Crippen LogP contribution in [0.25, 0.3) is 0 Å². The SMILES string of the molecule is CC.CN1C(=O)C(Br)=C(Br)C1=O. The quantitative estimate of drug-likeness (QED) is 0.642. The molecule has 0 aromatic rings. The average molecular weight is 299 g/mol. The second kappa shape index (κ2) is 4.77. The normalized spacial score (nSPS) is 16.6. The Kier molecular flexibility index (Phi) is 4.70. The molecule has 0 aromatic heterocycles. The number of halogens is 2. The van der Waals surface area contributed by atoms with Crippen LogP contribution in [0.4, 0.5) is 0 Å². The Morgan fingerprint density at radius 2 is 1.25 bits per heavy atom. The Labute approximate surface area is 88.1 Å². The molecule has 1 aliphatic heterocycles. The Bertz CT molecular complexity index is 224. The van der Waals surface area contributed by atoms with Crippen molar-refractivity contribution in [3.05, 3.63) is 8.96 Å². The maximum absolute atomic E-state index is 10.9. The molecule has 0 radical (unpaired) electrons. The number of nitrogens with zero attached hydrogens (tertiary/aromatic N) is 1. The van der Waals surface area contributed by atoms with Gasteiger partial charge in [0.25, 0.3) is 11.8 Å². The summed E-state index contributed by atoms with van der Waals surface area (Å²) in [7, 11) is 1.43.